The van der Waals surface area contributed by atoms with Crippen LogP contribution >= 0.6 is 0 Å². The molecule has 0 bridgehead atoms. The van der Waals surface area contributed by atoms with Crippen molar-refractivity contribution in [2.75, 3.05) is 25.0 Å². The summed E-state index contributed by atoms with van der Waals surface area (Å²) in [6.45, 7) is 9.40. The number of carbonyl (C=O) groups excluding carboxylic acids is 1. The number of nitrogens with one attached hydrogen (secondary N) is 1. The zero-order valence-corrected chi connectivity index (χ0v) is 12.9. The van der Waals surface area contributed by atoms with Crippen LogP contribution in [0.25, 0.3) is 0 Å². The molecule has 0 saturated carbocycles. The molecule has 0 unspecified atom stereocenters. The van der Waals surface area contributed by atoms with Crippen molar-refractivity contribution in [3.05, 3.63) is 29.3 Å². The summed E-state index contributed by atoms with van der Waals surface area (Å²) in [5.41, 5.74) is 3.15. The van der Waals surface area contributed by atoms with E-state index in [1.165, 1.54) is 5.56 Å². The third kappa shape index (κ3) is 4.94. The first-order valence-electron chi connectivity index (χ1n) is 7.16. The molecule has 0 saturated heterocycles. The SMILES string of the molecule is Cc1cccc(NC(=O)CN(CCCO)C(C)C)c1C. The molecule has 0 aromatic heterocycles. The molecule has 0 heterocycles. The van der Waals surface area contributed by atoms with E-state index in [-0.39, 0.29) is 18.6 Å². The van der Waals surface area contributed by atoms with Gasteiger partial charge in [-0.2, -0.15) is 0 Å². The van der Waals surface area contributed by atoms with Crippen LogP contribution in [-0.4, -0.2) is 41.7 Å². The molecule has 0 radical (unpaired) electrons. The Morgan fingerprint density at radius 1 is 1.35 bits per heavy atom. The Morgan fingerprint density at radius 3 is 2.65 bits per heavy atom. The van der Waals surface area contributed by atoms with Crippen LogP contribution in [0.3, 0.4) is 0 Å². The van der Waals surface area contributed by atoms with E-state index in [1.54, 1.807) is 0 Å². The lowest BCUT2D eigenvalue weighted by Crippen LogP contribution is -2.39. The predicted octanol–water partition coefficient (Wildman–Crippen LogP) is 2.33. The number of amides is 1. The highest BCUT2D eigenvalue weighted by Gasteiger charge is 2.14. The van der Waals surface area contributed by atoms with Crippen LogP contribution in [0.4, 0.5) is 5.69 Å². The first-order valence-corrected chi connectivity index (χ1v) is 7.16. The lowest BCUT2D eigenvalue weighted by molar-refractivity contribution is -0.117. The van der Waals surface area contributed by atoms with Crippen molar-refractivity contribution >= 4 is 11.6 Å². The Labute approximate surface area is 121 Å². The van der Waals surface area contributed by atoms with Crippen LogP contribution in [0.5, 0.6) is 0 Å². The monoisotopic (exact) mass is 278 g/mol. The van der Waals surface area contributed by atoms with Gasteiger partial charge in [-0.25, -0.2) is 0 Å². The average molecular weight is 278 g/mol. The second kappa shape index (κ2) is 8.02. The molecule has 112 valence electrons. The molecule has 1 rings (SSSR count). The summed E-state index contributed by atoms with van der Waals surface area (Å²) in [5.74, 6) is -0.00894. The molecule has 0 atom stereocenters. The van der Waals surface area contributed by atoms with E-state index in [1.807, 2.05) is 32.0 Å². The maximum atomic E-state index is 12.1. The van der Waals surface area contributed by atoms with Gasteiger partial charge in [-0.1, -0.05) is 12.1 Å². The van der Waals surface area contributed by atoms with Gasteiger partial charge in [-0.15, -0.1) is 0 Å². The third-order valence-corrected chi connectivity index (χ3v) is 3.56. The fourth-order valence-corrected chi connectivity index (χ4v) is 2.05. The van der Waals surface area contributed by atoms with Crippen LogP contribution in [-0.2, 0) is 4.79 Å². The van der Waals surface area contributed by atoms with E-state index in [2.05, 4.69) is 24.1 Å². The minimum atomic E-state index is -0.00894. The van der Waals surface area contributed by atoms with Gasteiger partial charge in [-0.05, 0) is 51.3 Å². The van der Waals surface area contributed by atoms with Crippen LogP contribution in [0.15, 0.2) is 18.2 Å². The van der Waals surface area contributed by atoms with Gasteiger partial charge >= 0.3 is 0 Å². The quantitative estimate of drug-likeness (QED) is 0.805. The van der Waals surface area contributed by atoms with Crippen molar-refractivity contribution in [3.63, 3.8) is 0 Å². The van der Waals surface area contributed by atoms with E-state index in [9.17, 15) is 4.79 Å². The summed E-state index contributed by atoms with van der Waals surface area (Å²) in [4.78, 5) is 14.2. The minimum absolute atomic E-state index is 0.00894. The van der Waals surface area contributed by atoms with Crippen molar-refractivity contribution in [2.24, 2.45) is 0 Å². The summed E-state index contributed by atoms with van der Waals surface area (Å²) in [7, 11) is 0. The van der Waals surface area contributed by atoms with Gasteiger partial charge in [0.15, 0.2) is 0 Å². The maximum Gasteiger partial charge on any atom is 0.238 e. The van der Waals surface area contributed by atoms with Gasteiger partial charge in [-0.3, -0.25) is 9.69 Å². The van der Waals surface area contributed by atoms with Crippen LogP contribution in [0, 0.1) is 13.8 Å². The standard InChI is InChI=1S/C16H26N2O2/c1-12(2)18(9-6-10-19)11-16(20)17-15-8-5-7-13(3)14(15)4/h5,7-8,12,19H,6,9-11H2,1-4H3,(H,17,20). The number of aliphatic hydroxyl groups is 1. The number of aliphatic hydroxyl groups excluding tert-OH is 1. The van der Waals surface area contributed by atoms with Gasteiger partial charge in [0.05, 0.1) is 6.54 Å². The molecule has 2 N–H and O–H groups in total. The molecule has 1 aromatic carbocycles. The first-order chi connectivity index (χ1) is 9.45. The molecule has 0 aliphatic carbocycles. The molecule has 4 heteroatoms. The molecule has 0 spiro atoms. The molecule has 20 heavy (non-hydrogen) atoms. The summed E-state index contributed by atoms with van der Waals surface area (Å²) >= 11 is 0. The Hall–Kier alpha value is -1.39. The molecular weight excluding hydrogens is 252 g/mol. The highest BCUT2D eigenvalue weighted by Crippen LogP contribution is 2.17. The summed E-state index contributed by atoms with van der Waals surface area (Å²) in [6, 6.07) is 6.19. The molecule has 1 aromatic rings. The lowest BCUT2D eigenvalue weighted by Gasteiger charge is -2.25. The molecule has 0 fully saturated rings. The summed E-state index contributed by atoms with van der Waals surface area (Å²) < 4.78 is 0. The summed E-state index contributed by atoms with van der Waals surface area (Å²) in [5, 5.41) is 11.9. The van der Waals surface area contributed by atoms with E-state index in [0.29, 0.717) is 13.0 Å². The van der Waals surface area contributed by atoms with Crippen molar-refractivity contribution in [1.29, 1.82) is 0 Å². The van der Waals surface area contributed by atoms with E-state index in [0.717, 1.165) is 17.8 Å². The number of aryl methyl sites for hydroxylation is 1. The average Bonchev–Trinajstić information content (AvgIpc) is 2.39. The van der Waals surface area contributed by atoms with Crippen molar-refractivity contribution < 1.29 is 9.90 Å². The number of carbonyl (C=O) groups is 1. The lowest BCUT2D eigenvalue weighted by atomic mass is 10.1. The third-order valence-electron chi connectivity index (χ3n) is 3.56. The number of nitrogens with zero attached hydrogens (tertiary/aromatic N) is 1. The minimum Gasteiger partial charge on any atom is -0.396 e. The largest absolute Gasteiger partial charge is 0.396 e. The van der Waals surface area contributed by atoms with Gasteiger partial charge in [0.2, 0.25) is 5.91 Å². The van der Waals surface area contributed by atoms with Gasteiger partial charge in [0.1, 0.15) is 0 Å². The van der Waals surface area contributed by atoms with Crippen molar-refractivity contribution in [2.45, 2.75) is 40.2 Å². The Kier molecular flexibility index (Phi) is 6.68. The smallest absolute Gasteiger partial charge is 0.238 e. The fraction of sp³-hybridized carbons (Fsp3) is 0.562. The van der Waals surface area contributed by atoms with Gasteiger partial charge in [0, 0.05) is 24.9 Å². The van der Waals surface area contributed by atoms with Crippen molar-refractivity contribution in [3.8, 4) is 0 Å². The van der Waals surface area contributed by atoms with Crippen molar-refractivity contribution in [1.82, 2.24) is 4.90 Å². The Bertz CT molecular complexity index is 444. The van der Waals surface area contributed by atoms with Crippen LogP contribution < -0.4 is 5.32 Å². The predicted molar refractivity (Wildman–Crippen MR) is 83.0 cm³/mol. The Balaban J connectivity index is 2.63. The highest BCUT2D eigenvalue weighted by atomic mass is 16.3. The highest BCUT2D eigenvalue weighted by molar-refractivity contribution is 5.93. The zero-order chi connectivity index (χ0) is 15.1. The number of anilines is 1. The van der Waals surface area contributed by atoms with E-state index < -0.39 is 0 Å². The van der Waals surface area contributed by atoms with Crippen LogP contribution in [0.2, 0.25) is 0 Å². The normalized spacial score (nSPS) is 11.2. The Morgan fingerprint density at radius 2 is 2.05 bits per heavy atom. The number of benzene rings is 1. The summed E-state index contributed by atoms with van der Waals surface area (Å²) in [6.07, 6.45) is 0.689. The second-order valence-electron chi connectivity index (χ2n) is 5.44. The van der Waals surface area contributed by atoms with Gasteiger partial charge in [0.25, 0.3) is 0 Å². The molecule has 0 aliphatic heterocycles. The zero-order valence-electron chi connectivity index (χ0n) is 12.9. The molecule has 0 aliphatic rings. The topological polar surface area (TPSA) is 52.6 Å². The first kappa shape index (κ1) is 16.7. The maximum absolute atomic E-state index is 12.1. The van der Waals surface area contributed by atoms with E-state index >= 15 is 0 Å². The number of rotatable bonds is 7. The molecular formula is C16H26N2O2. The number of hydrogen-bond acceptors (Lipinski definition) is 3. The second-order valence-corrected chi connectivity index (χ2v) is 5.44. The molecule has 1 amide bonds. The van der Waals surface area contributed by atoms with Gasteiger partial charge < -0.3 is 10.4 Å². The van der Waals surface area contributed by atoms with Crippen LogP contribution in [0.1, 0.15) is 31.4 Å². The van der Waals surface area contributed by atoms with E-state index in [4.69, 9.17) is 5.11 Å². The fourth-order valence-electron chi connectivity index (χ4n) is 2.05. The molecule has 4 nitrogen and oxygen atoms in total. The number of hydrogen-bond donors (Lipinski definition) is 2.